The van der Waals surface area contributed by atoms with E-state index in [0.29, 0.717) is 0 Å². The third-order valence-electron chi connectivity index (χ3n) is 0. The third-order valence-corrected chi connectivity index (χ3v) is 0. The predicted molar refractivity (Wildman–Crippen MR) is 28.4 cm³/mol. The van der Waals surface area contributed by atoms with Crippen LogP contribution in [0.25, 0.3) is 0 Å². The van der Waals surface area contributed by atoms with Crippen LogP contribution in [-0.4, -0.2) is 16.4 Å². The van der Waals surface area contributed by atoms with Gasteiger partial charge in [-0.2, -0.15) is 0 Å². The molecule has 0 atom stereocenters. The molecule has 0 radical (unpaired) electrons. The molecule has 3 nitrogen and oxygen atoms in total. The first-order chi connectivity index (χ1) is 1.73. The van der Waals surface area contributed by atoms with Gasteiger partial charge in [-0.3, -0.25) is 0 Å². The zero-order chi connectivity index (χ0) is 3.58. The summed E-state index contributed by atoms with van der Waals surface area (Å²) < 4.78 is 0. The maximum atomic E-state index is 4.96. The normalized spacial score (nSPS) is 6.43. The first kappa shape index (κ1) is 23.0. The van der Waals surface area contributed by atoms with Crippen molar-refractivity contribution >= 4 is 18.9 Å². The summed E-state index contributed by atoms with van der Waals surface area (Å²) in [6.07, 6.45) is 14.9. The summed E-state index contributed by atoms with van der Waals surface area (Å²) in [6, 6.07) is 0. The van der Waals surface area contributed by atoms with E-state index in [1.54, 1.807) is 0 Å². The van der Waals surface area contributed by atoms with Crippen LogP contribution in [0.2, 0.25) is 0 Å². The zero-order valence-electron chi connectivity index (χ0n) is 2.95. The van der Waals surface area contributed by atoms with Crippen molar-refractivity contribution in [1.29, 1.82) is 0 Å². The van der Waals surface area contributed by atoms with E-state index in [1.807, 2.05) is 0 Å². The average Bonchev–Trinajstić information content (AvgIpc) is 0.811. The van der Waals surface area contributed by atoms with Crippen molar-refractivity contribution in [2.75, 3.05) is 0 Å². The molecule has 0 saturated carbocycles. The van der Waals surface area contributed by atoms with E-state index in [9.17, 15) is 0 Å². The molecule has 0 unspecified atom stereocenters. The van der Waals surface area contributed by atoms with E-state index in [2.05, 4.69) is 0 Å². The van der Waals surface area contributed by atoms with Gasteiger partial charge in [0.05, 0.1) is 0 Å². The van der Waals surface area contributed by atoms with Gasteiger partial charge in [0.1, 0.15) is 0 Å². The Morgan fingerprint density at radius 3 is 0.714 bits per heavy atom. The summed E-state index contributed by atoms with van der Waals surface area (Å²) in [5.74, 6) is 0. The fraction of sp³-hybridized carbons (Fsp3) is 0. The molecule has 0 aromatic carbocycles. The fourth-order valence-electron chi connectivity index (χ4n) is 0. The van der Waals surface area contributed by atoms with Gasteiger partial charge in [-0.1, -0.05) is 0 Å². The second-order valence-electron chi connectivity index (χ2n) is 0.136. The molecule has 0 aromatic heterocycles. The average molecular weight is 323 g/mol. The van der Waals surface area contributed by atoms with E-state index in [0.717, 1.165) is 0 Å². The summed E-state index contributed by atoms with van der Waals surface area (Å²) in [6.45, 7) is 0. The quantitative estimate of drug-likeness (QED) is 0.580. The molecular formula is H6Cl3DyO3. The van der Waals surface area contributed by atoms with E-state index >= 15 is 0 Å². The molecule has 0 amide bonds. The van der Waals surface area contributed by atoms with E-state index in [4.69, 9.17) is 18.9 Å². The number of rotatable bonds is 0. The van der Waals surface area contributed by atoms with Crippen molar-refractivity contribution in [3.63, 3.8) is 0 Å². The van der Waals surface area contributed by atoms with Gasteiger partial charge >= 0.3 is 46.7 Å². The molecule has 0 bridgehead atoms. The van der Waals surface area contributed by atoms with Crippen molar-refractivity contribution in [3.8, 4) is 0 Å². The molecule has 55 valence electrons. The van der Waals surface area contributed by atoms with Crippen LogP contribution in [0, 0.1) is 27.7 Å². The van der Waals surface area contributed by atoms with E-state index in [-0.39, 0.29) is 16.4 Å². The van der Waals surface area contributed by atoms with Gasteiger partial charge in [-0.05, 0) is 0 Å². The van der Waals surface area contributed by atoms with E-state index < -0.39 is 27.7 Å². The second kappa shape index (κ2) is 15.7. The van der Waals surface area contributed by atoms with Crippen LogP contribution in [-0.2, 0) is 0 Å². The van der Waals surface area contributed by atoms with Gasteiger partial charge in [0.2, 0.25) is 0 Å². The Balaban J connectivity index is -0.0000000150. The monoisotopic (exact) mass is 323 g/mol. The van der Waals surface area contributed by atoms with Crippen molar-refractivity contribution in [3.05, 3.63) is 0 Å². The minimum atomic E-state index is -1.85. The minimum absolute atomic E-state index is 0. The molecule has 0 aromatic rings. The second-order valence-corrected chi connectivity index (χ2v) is 9.05. The van der Waals surface area contributed by atoms with Gasteiger partial charge in [0.25, 0.3) is 0 Å². The summed E-state index contributed by atoms with van der Waals surface area (Å²) in [7, 11) is 0. The van der Waals surface area contributed by atoms with Gasteiger partial charge in [-0.25, -0.2) is 0 Å². The van der Waals surface area contributed by atoms with Gasteiger partial charge in [-0.15, -0.1) is 0 Å². The molecular weight excluding hydrogens is 317 g/mol. The van der Waals surface area contributed by atoms with Crippen LogP contribution in [0.4, 0.5) is 0 Å². The third kappa shape index (κ3) is 71.1. The summed E-state index contributed by atoms with van der Waals surface area (Å²) in [4.78, 5) is 0. The van der Waals surface area contributed by atoms with Gasteiger partial charge in [0, 0.05) is 0 Å². The van der Waals surface area contributed by atoms with Crippen molar-refractivity contribution in [2.24, 2.45) is 0 Å². The SMILES string of the molecule is O.O.O.[Cl][Dy]([Cl])[Cl]. The molecule has 0 aliphatic carbocycles. The first-order valence-electron chi connectivity index (χ1n) is 0.359. The molecule has 0 fully saturated rings. The molecule has 0 spiro atoms. The van der Waals surface area contributed by atoms with E-state index in [1.165, 1.54) is 0 Å². The fourth-order valence-corrected chi connectivity index (χ4v) is 0. The summed E-state index contributed by atoms with van der Waals surface area (Å²) in [5, 5.41) is 0. The van der Waals surface area contributed by atoms with Gasteiger partial charge in [0.15, 0.2) is 0 Å². The molecule has 0 saturated heterocycles. The molecule has 0 rings (SSSR count). The predicted octanol–water partition coefficient (Wildman–Crippen LogP) is -0.406. The summed E-state index contributed by atoms with van der Waals surface area (Å²) >= 11 is -1.85. The molecule has 7 heteroatoms. The van der Waals surface area contributed by atoms with Crippen LogP contribution in [0.5, 0.6) is 0 Å². The van der Waals surface area contributed by atoms with Crippen LogP contribution in [0.3, 0.4) is 0 Å². The summed E-state index contributed by atoms with van der Waals surface area (Å²) in [5.41, 5.74) is 0. The number of halogens is 3. The maximum absolute atomic E-state index is 4.96. The van der Waals surface area contributed by atoms with Crippen molar-refractivity contribution < 1.29 is 44.2 Å². The molecule has 7 heavy (non-hydrogen) atoms. The number of hydrogen-bond donors (Lipinski definition) is 0. The standard InChI is InChI=1S/3ClH.Dy.3H2O/h3*1H;;3*1H2/q;;;+3;;;/p-3. The molecule has 0 aliphatic rings. The molecule has 0 heterocycles. The van der Waals surface area contributed by atoms with Crippen LogP contribution >= 0.6 is 18.9 Å². The van der Waals surface area contributed by atoms with Gasteiger partial charge < -0.3 is 16.4 Å². The van der Waals surface area contributed by atoms with Crippen LogP contribution < -0.4 is 0 Å². The van der Waals surface area contributed by atoms with Crippen molar-refractivity contribution in [2.45, 2.75) is 0 Å². The number of hydrogen-bond acceptors (Lipinski definition) is 0. The first-order valence-corrected chi connectivity index (χ1v) is 7.98. The molecule has 6 N–H and O–H groups in total. The van der Waals surface area contributed by atoms with Crippen LogP contribution in [0.15, 0.2) is 0 Å². The Morgan fingerprint density at radius 2 is 0.714 bits per heavy atom. The Labute approximate surface area is 62.1 Å². The molecule has 0 aliphatic heterocycles. The zero-order valence-corrected chi connectivity index (χ0v) is 7.25. The Hall–Kier alpha value is 2.02. The Morgan fingerprint density at radius 1 is 0.714 bits per heavy atom. The Bertz CT molecular complexity index is 14.9. The van der Waals surface area contributed by atoms with Crippen molar-refractivity contribution in [1.82, 2.24) is 0 Å². The topological polar surface area (TPSA) is 94.5 Å². The Kier molecular flexibility index (Phi) is 51.6. The van der Waals surface area contributed by atoms with Crippen LogP contribution in [0.1, 0.15) is 0 Å².